The Morgan fingerprint density at radius 3 is 2.60 bits per heavy atom. The summed E-state index contributed by atoms with van der Waals surface area (Å²) in [6.45, 7) is 7.03. The number of hydrogen-bond acceptors (Lipinski definition) is 5. The first kappa shape index (κ1) is 28.4. The van der Waals surface area contributed by atoms with E-state index in [1.807, 2.05) is 20.8 Å². The van der Waals surface area contributed by atoms with Crippen molar-refractivity contribution in [1.82, 2.24) is 0 Å². The Morgan fingerprint density at radius 2 is 1.94 bits per heavy atom. The third kappa shape index (κ3) is 4.25. The maximum absolute atomic E-state index is 17.1. The summed E-state index contributed by atoms with van der Waals surface area (Å²) in [4.78, 5) is 37.1. The molecule has 8 heteroatoms. The van der Waals surface area contributed by atoms with Gasteiger partial charge >= 0.3 is 29.0 Å². The van der Waals surface area contributed by atoms with Crippen molar-refractivity contribution in [3.63, 3.8) is 0 Å². The summed E-state index contributed by atoms with van der Waals surface area (Å²) >= 11 is 0. The Hall–Kier alpha value is -1.12. The van der Waals surface area contributed by atoms with Crippen molar-refractivity contribution in [2.45, 2.75) is 84.2 Å². The van der Waals surface area contributed by atoms with Gasteiger partial charge in [-0.1, -0.05) is 33.3 Å². The topological polar surface area (TPSA) is 80.7 Å². The molecule has 0 bridgehead atoms. The molecule has 0 heterocycles. The average molecular weight is 505 g/mol. The smallest absolute Gasteiger partial charge is 1.00 e. The van der Waals surface area contributed by atoms with E-state index in [0.29, 0.717) is 12.8 Å². The van der Waals surface area contributed by atoms with Gasteiger partial charge in [0.15, 0.2) is 17.2 Å². The number of fused-ring (bicyclic) bond motifs is 5. The molecule has 35 heavy (non-hydrogen) atoms. The van der Waals surface area contributed by atoms with Gasteiger partial charge in [0.25, 0.3) is 0 Å². The predicted molar refractivity (Wildman–Crippen MR) is 130 cm³/mol. The van der Waals surface area contributed by atoms with Gasteiger partial charge in [-0.3, -0.25) is 14.4 Å². The summed E-state index contributed by atoms with van der Waals surface area (Å²) in [5.41, 5.74) is -4.21. The molecular formula is C27H38F2MgO5. The largest absolute Gasteiger partial charge is 2.00 e. The van der Waals surface area contributed by atoms with Crippen molar-refractivity contribution in [2.75, 3.05) is 6.61 Å². The van der Waals surface area contributed by atoms with Crippen LogP contribution in [0, 0.1) is 34.5 Å². The van der Waals surface area contributed by atoms with Crippen LogP contribution in [-0.4, -0.2) is 70.2 Å². The number of ether oxygens (including phenoxy) is 1. The fourth-order valence-electron chi connectivity index (χ4n) is 7.89. The van der Waals surface area contributed by atoms with E-state index in [4.69, 9.17) is 4.74 Å². The van der Waals surface area contributed by atoms with Crippen LogP contribution < -0.4 is 0 Å². The van der Waals surface area contributed by atoms with Crippen LogP contribution in [0.1, 0.15) is 69.1 Å². The Bertz CT molecular complexity index is 961. The van der Waals surface area contributed by atoms with Crippen molar-refractivity contribution < 1.29 is 35.9 Å². The molecule has 0 spiro atoms. The number of ketones is 2. The van der Waals surface area contributed by atoms with Gasteiger partial charge in [0.1, 0.15) is 12.8 Å². The van der Waals surface area contributed by atoms with Crippen molar-refractivity contribution in [3.8, 4) is 0 Å². The fraction of sp³-hybridized carbons (Fsp3) is 0.741. The third-order valence-electron chi connectivity index (χ3n) is 9.43. The van der Waals surface area contributed by atoms with Gasteiger partial charge in [0, 0.05) is 23.7 Å². The van der Waals surface area contributed by atoms with E-state index >= 15 is 8.78 Å². The molecule has 0 aromatic carbocycles. The monoisotopic (exact) mass is 504 g/mol. The molecule has 0 aliphatic heterocycles. The van der Waals surface area contributed by atoms with Crippen LogP contribution in [0.15, 0.2) is 23.8 Å². The summed E-state index contributed by atoms with van der Waals surface area (Å²) in [7, 11) is 0. The van der Waals surface area contributed by atoms with Gasteiger partial charge < -0.3 is 12.7 Å². The molecule has 4 aliphatic carbocycles. The van der Waals surface area contributed by atoms with Crippen LogP contribution in [0.25, 0.3) is 0 Å². The zero-order chi connectivity index (χ0) is 25.1. The molecule has 0 saturated heterocycles. The van der Waals surface area contributed by atoms with E-state index < -0.39 is 46.6 Å². The molecule has 9 atom stereocenters. The molecule has 0 unspecified atom stereocenters. The second kappa shape index (κ2) is 9.97. The first-order valence-corrected chi connectivity index (χ1v) is 12.5. The third-order valence-corrected chi connectivity index (χ3v) is 9.43. The quantitative estimate of drug-likeness (QED) is 0.430. The van der Waals surface area contributed by atoms with Gasteiger partial charge in [-0.05, 0) is 67.6 Å². The van der Waals surface area contributed by atoms with Gasteiger partial charge in [0.05, 0.1) is 6.10 Å². The first-order valence-electron chi connectivity index (χ1n) is 12.5. The number of halogens is 2. The van der Waals surface area contributed by atoms with E-state index in [1.54, 1.807) is 6.92 Å². The van der Waals surface area contributed by atoms with Gasteiger partial charge in [0.2, 0.25) is 0 Å². The molecular weight excluding hydrogens is 467 g/mol. The molecule has 3 saturated carbocycles. The van der Waals surface area contributed by atoms with E-state index in [1.165, 1.54) is 18.2 Å². The molecule has 0 aromatic heterocycles. The maximum Gasteiger partial charge on any atom is 2.00 e. The molecule has 0 amide bonds. The normalized spacial score (nSPS) is 43.9. The average Bonchev–Trinajstić information content (AvgIpc) is 3.03. The Morgan fingerprint density at radius 1 is 1.26 bits per heavy atom. The molecule has 5 nitrogen and oxygen atoms in total. The summed E-state index contributed by atoms with van der Waals surface area (Å²) < 4.78 is 37.7. The minimum Gasteiger partial charge on any atom is -1.00 e. The zero-order valence-corrected chi connectivity index (χ0v) is 22.6. The number of aliphatic hydroxyl groups excluding tert-OH is 1. The van der Waals surface area contributed by atoms with Crippen LogP contribution >= 0.6 is 0 Å². The number of esters is 1. The number of carbonyl (C=O) groups excluding carboxylic acids is 3. The number of rotatable bonds is 6. The number of hydrogen-bond donors (Lipinski definition) is 1. The van der Waals surface area contributed by atoms with Crippen LogP contribution in [-0.2, 0) is 19.1 Å². The van der Waals surface area contributed by atoms with Crippen molar-refractivity contribution in [3.05, 3.63) is 23.8 Å². The standard InChI is InChI=1S/C27H36F2O5.Mg.2H/c1-5-6-7-23(33)34-14-21(31)24-15(2)10-17-18-12-20(28)19-11-16(30)8-9-26(19,4)27(18,29)22(32)13-25(17,24)3;;;/h8-9,11,15,17-18,20,22,24,32H,5-7,10,12-14H2,1-4H3;;;/q;+2;2*-1/t15-,17+,18+,20+,22+,24-,25+,26+,27+;;;/m1.../s1. The van der Waals surface area contributed by atoms with Crippen molar-refractivity contribution in [1.29, 1.82) is 0 Å². The van der Waals surface area contributed by atoms with E-state index in [9.17, 15) is 19.5 Å². The molecule has 4 aliphatic rings. The molecule has 192 valence electrons. The SMILES string of the molecule is CCCCC(=O)OCC(=O)[C@H]1[C@H](C)C[C@H]2[C@@H]3C[C@H](F)C4=CC(=O)C=C[C@]4(C)[C@@]3(F)[C@@H](O)C[C@@]21C.[H-].[H-].[Mg+2]. The fourth-order valence-corrected chi connectivity index (χ4v) is 7.89. The number of allylic oxidation sites excluding steroid dienone is 4. The van der Waals surface area contributed by atoms with Crippen LogP contribution in [0.5, 0.6) is 0 Å². The van der Waals surface area contributed by atoms with Crippen molar-refractivity contribution in [2.24, 2.45) is 34.5 Å². The second-order valence-electron chi connectivity index (χ2n) is 11.4. The molecule has 1 N–H and O–H groups in total. The minimum atomic E-state index is -2.15. The molecule has 3 fully saturated rings. The Labute approximate surface area is 225 Å². The van der Waals surface area contributed by atoms with Crippen molar-refractivity contribution >= 4 is 40.6 Å². The molecule has 4 rings (SSSR count). The van der Waals surface area contributed by atoms with Gasteiger partial charge in [-0.2, -0.15) is 0 Å². The van der Waals surface area contributed by atoms with E-state index in [2.05, 4.69) is 0 Å². The molecule has 0 radical (unpaired) electrons. The predicted octanol–water partition coefficient (Wildman–Crippen LogP) is 4.31. The Balaban J connectivity index is 0.00000228. The first-order chi connectivity index (χ1) is 15.9. The van der Waals surface area contributed by atoms with Gasteiger partial charge in [-0.15, -0.1) is 0 Å². The summed E-state index contributed by atoms with van der Waals surface area (Å²) in [5, 5.41) is 11.3. The zero-order valence-electron chi connectivity index (χ0n) is 23.2. The number of carbonyl (C=O) groups is 3. The number of aliphatic hydroxyl groups is 1. The van der Waals surface area contributed by atoms with E-state index in [-0.39, 0.29) is 80.8 Å². The second-order valence-corrected chi connectivity index (χ2v) is 11.4. The summed E-state index contributed by atoms with van der Waals surface area (Å²) in [5.74, 6) is -2.75. The van der Waals surface area contributed by atoms with Gasteiger partial charge in [-0.25, -0.2) is 8.78 Å². The number of Topliss-reactive ketones (excluding diaryl/α,β-unsaturated/α-hetero) is 1. The summed E-state index contributed by atoms with van der Waals surface area (Å²) in [6, 6.07) is 0. The summed E-state index contributed by atoms with van der Waals surface area (Å²) in [6.07, 6.45) is 3.20. The van der Waals surface area contributed by atoms with Crippen LogP contribution in [0.4, 0.5) is 8.78 Å². The minimum absolute atomic E-state index is 0. The van der Waals surface area contributed by atoms with Crippen LogP contribution in [0.2, 0.25) is 0 Å². The number of alkyl halides is 2. The maximum atomic E-state index is 17.1. The van der Waals surface area contributed by atoms with Crippen LogP contribution in [0.3, 0.4) is 0 Å². The number of unbranched alkanes of at least 4 members (excludes halogenated alkanes) is 1. The van der Waals surface area contributed by atoms with E-state index in [0.717, 1.165) is 6.42 Å². The molecule has 0 aromatic rings. The Kier molecular flexibility index (Phi) is 8.11.